The highest BCUT2D eigenvalue weighted by molar-refractivity contribution is 6.30. The highest BCUT2D eigenvalue weighted by atomic mass is 35.5. The number of hydrogen-bond acceptors (Lipinski definition) is 4. The molecule has 0 radical (unpaired) electrons. The van der Waals surface area contributed by atoms with Crippen LogP contribution in [0.5, 0.6) is 11.5 Å². The number of nitrogens with zero attached hydrogens (tertiary/aromatic N) is 2. The number of aromatic nitrogens is 2. The summed E-state index contributed by atoms with van der Waals surface area (Å²) in [5.74, 6) is 2.35. The summed E-state index contributed by atoms with van der Waals surface area (Å²) in [6, 6.07) is 21.3. The molecule has 35 heavy (non-hydrogen) atoms. The second-order valence-corrected chi connectivity index (χ2v) is 8.92. The van der Waals surface area contributed by atoms with Gasteiger partial charge in [0.05, 0.1) is 17.6 Å². The zero-order valence-electron chi connectivity index (χ0n) is 20.1. The fraction of sp³-hybridized carbons (Fsp3) is 0.286. The van der Waals surface area contributed by atoms with Crippen molar-refractivity contribution in [1.82, 2.24) is 14.9 Å². The molecule has 0 aliphatic rings. The average Bonchev–Trinajstić information content (AvgIpc) is 3.20. The van der Waals surface area contributed by atoms with Gasteiger partial charge < -0.3 is 19.4 Å². The number of para-hydroxylation sites is 2. The fourth-order valence-corrected chi connectivity index (χ4v) is 4.10. The van der Waals surface area contributed by atoms with Crippen molar-refractivity contribution in [3.63, 3.8) is 0 Å². The number of carbonyl (C=O) groups is 1. The first kappa shape index (κ1) is 24.6. The predicted octanol–water partition coefficient (Wildman–Crippen LogP) is 5.51. The molecule has 0 spiro atoms. The Balaban J connectivity index is 1.29. The Morgan fingerprint density at radius 2 is 1.83 bits per heavy atom. The summed E-state index contributed by atoms with van der Waals surface area (Å²) >= 11 is 5.87. The standard InChI is InChI=1S/C28H30ClN3O3/c1-20-9-14-26(21(2)18-20)34-17-16-32-25-7-4-3-6-24(25)31-27(32)8-5-15-30-28(33)19-35-23-12-10-22(29)11-13-23/h3-4,6-7,9-14,18H,5,8,15-17,19H2,1-2H3,(H,30,33). The van der Waals surface area contributed by atoms with E-state index in [1.54, 1.807) is 24.3 Å². The van der Waals surface area contributed by atoms with E-state index in [2.05, 4.69) is 41.9 Å². The second-order valence-electron chi connectivity index (χ2n) is 8.48. The van der Waals surface area contributed by atoms with Crippen LogP contribution in [0.1, 0.15) is 23.4 Å². The van der Waals surface area contributed by atoms with Crippen molar-refractivity contribution in [2.24, 2.45) is 0 Å². The third kappa shape index (κ3) is 6.76. The van der Waals surface area contributed by atoms with E-state index in [9.17, 15) is 4.79 Å². The molecule has 0 atom stereocenters. The summed E-state index contributed by atoms with van der Waals surface area (Å²) in [6.07, 6.45) is 1.52. The van der Waals surface area contributed by atoms with Crippen LogP contribution in [0.2, 0.25) is 5.02 Å². The van der Waals surface area contributed by atoms with Crippen LogP contribution in [0.3, 0.4) is 0 Å². The minimum absolute atomic E-state index is 0.0318. The van der Waals surface area contributed by atoms with Gasteiger partial charge in [-0.05, 0) is 68.3 Å². The molecule has 0 bridgehead atoms. The molecule has 0 unspecified atom stereocenters. The van der Waals surface area contributed by atoms with Gasteiger partial charge in [-0.25, -0.2) is 4.98 Å². The van der Waals surface area contributed by atoms with E-state index in [0.29, 0.717) is 30.5 Å². The van der Waals surface area contributed by atoms with Crippen molar-refractivity contribution in [3.05, 3.63) is 88.7 Å². The van der Waals surface area contributed by atoms with E-state index in [4.69, 9.17) is 26.1 Å². The van der Waals surface area contributed by atoms with E-state index in [1.165, 1.54) is 5.56 Å². The van der Waals surface area contributed by atoms with Crippen LogP contribution < -0.4 is 14.8 Å². The normalized spacial score (nSPS) is 10.9. The summed E-state index contributed by atoms with van der Waals surface area (Å²) in [7, 11) is 0. The number of fused-ring (bicyclic) bond motifs is 1. The van der Waals surface area contributed by atoms with Crippen molar-refractivity contribution in [2.75, 3.05) is 19.8 Å². The highest BCUT2D eigenvalue weighted by Crippen LogP contribution is 2.20. The molecule has 4 aromatic rings. The lowest BCUT2D eigenvalue weighted by Gasteiger charge is -2.13. The number of benzene rings is 3. The van der Waals surface area contributed by atoms with Gasteiger partial charge in [-0.2, -0.15) is 0 Å². The molecule has 4 rings (SSSR count). The van der Waals surface area contributed by atoms with Gasteiger partial charge in [-0.15, -0.1) is 0 Å². The van der Waals surface area contributed by atoms with E-state index >= 15 is 0 Å². The molecule has 1 aromatic heterocycles. The van der Waals surface area contributed by atoms with Crippen LogP contribution in [0.4, 0.5) is 0 Å². The molecule has 1 heterocycles. The molecular formula is C28H30ClN3O3. The maximum absolute atomic E-state index is 12.1. The predicted molar refractivity (Wildman–Crippen MR) is 139 cm³/mol. The Bertz CT molecular complexity index is 1280. The molecule has 3 aromatic carbocycles. The SMILES string of the molecule is Cc1ccc(OCCn2c(CCCNC(=O)COc3ccc(Cl)cc3)nc3ccccc32)c(C)c1. The van der Waals surface area contributed by atoms with Crippen LogP contribution in [0.25, 0.3) is 11.0 Å². The number of aryl methyl sites for hydroxylation is 3. The number of imidazole rings is 1. The van der Waals surface area contributed by atoms with E-state index < -0.39 is 0 Å². The third-order valence-electron chi connectivity index (χ3n) is 5.72. The van der Waals surface area contributed by atoms with Gasteiger partial charge in [0.25, 0.3) is 5.91 Å². The first-order valence-electron chi connectivity index (χ1n) is 11.8. The lowest BCUT2D eigenvalue weighted by atomic mass is 10.1. The van der Waals surface area contributed by atoms with E-state index in [0.717, 1.165) is 41.0 Å². The molecule has 7 heteroatoms. The van der Waals surface area contributed by atoms with Gasteiger partial charge in [-0.1, -0.05) is 41.4 Å². The smallest absolute Gasteiger partial charge is 0.257 e. The molecule has 0 fully saturated rings. The maximum Gasteiger partial charge on any atom is 0.257 e. The summed E-state index contributed by atoms with van der Waals surface area (Å²) < 4.78 is 13.8. The largest absolute Gasteiger partial charge is 0.491 e. The van der Waals surface area contributed by atoms with Gasteiger partial charge in [-0.3, -0.25) is 4.79 Å². The van der Waals surface area contributed by atoms with Gasteiger partial charge in [0.1, 0.15) is 23.9 Å². The summed E-state index contributed by atoms with van der Waals surface area (Å²) in [6.45, 7) is 5.91. The van der Waals surface area contributed by atoms with Gasteiger partial charge >= 0.3 is 0 Å². The van der Waals surface area contributed by atoms with Crippen molar-refractivity contribution in [3.8, 4) is 11.5 Å². The fourth-order valence-electron chi connectivity index (χ4n) is 3.98. The van der Waals surface area contributed by atoms with Crippen LogP contribution in [0.15, 0.2) is 66.7 Å². The third-order valence-corrected chi connectivity index (χ3v) is 5.97. The minimum atomic E-state index is -0.157. The summed E-state index contributed by atoms with van der Waals surface area (Å²) in [4.78, 5) is 17.0. The molecule has 0 saturated heterocycles. The summed E-state index contributed by atoms with van der Waals surface area (Å²) in [5.41, 5.74) is 4.42. The van der Waals surface area contributed by atoms with E-state index in [1.807, 2.05) is 24.3 Å². The van der Waals surface area contributed by atoms with Gasteiger partial charge in [0, 0.05) is 18.0 Å². The second kappa shape index (κ2) is 11.8. The molecular weight excluding hydrogens is 462 g/mol. The molecule has 6 nitrogen and oxygen atoms in total. The maximum atomic E-state index is 12.1. The molecule has 0 saturated carbocycles. The first-order chi connectivity index (χ1) is 17.0. The lowest BCUT2D eigenvalue weighted by molar-refractivity contribution is -0.123. The Morgan fingerprint density at radius 3 is 2.63 bits per heavy atom. The minimum Gasteiger partial charge on any atom is -0.491 e. The average molecular weight is 492 g/mol. The topological polar surface area (TPSA) is 65.4 Å². The van der Waals surface area contributed by atoms with Crippen LogP contribution in [-0.2, 0) is 17.8 Å². The lowest BCUT2D eigenvalue weighted by Crippen LogP contribution is -2.30. The van der Waals surface area contributed by atoms with Crippen molar-refractivity contribution in [2.45, 2.75) is 33.2 Å². The zero-order chi connectivity index (χ0) is 24.6. The number of hydrogen-bond donors (Lipinski definition) is 1. The Kier molecular flexibility index (Phi) is 8.27. The Morgan fingerprint density at radius 1 is 1.03 bits per heavy atom. The Hall–Kier alpha value is -3.51. The number of amides is 1. The quantitative estimate of drug-likeness (QED) is 0.281. The molecule has 1 N–H and O–H groups in total. The molecule has 182 valence electrons. The van der Waals surface area contributed by atoms with Crippen LogP contribution in [-0.4, -0.2) is 35.2 Å². The van der Waals surface area contributed by atoms with Crippen molar-refractivity contribution in [1.29, 1.82) is 0 Å². The van der Waals surface area contributed by atoms with Crippen LogP contribution >= 0.6 is 11.6 Å². The van der Waals surface area contributed by atoms with E-state index in [-0.39, 0.29) is 12.5 Å². The summed E-state index contributed by atoms with van der Waals surface area (Å²) in [5, 5.41) is 3.54. The van der Waals surface area contributed by atoms with Crippen LogP contribution in [0, 0.1) is 13.8 Å². The number of carbonyl (C=O) groups excluding carboxylic acids is 1. The Labute approximate surface area is 210 Å². The zero-order valence-corrected chi connectivity index (χ0v) is 20.8. The van der Waals surface area contributed by atoms with Gasteiger partial charge in [0.2, 0.25) is 0 Å². The number of rotatable bonds is 11. The molecule has 0 aliphatic carbocycles. The van der Waals surface area contributed by atoms with Gasteiger partial charge in [0.15, 0.2) is 6.61 Å². The highest BCUT2D eigenvalue weighted by Gasteiger charge is 2.11. The monoisotopic (exact) mass is 491 g/mol. The molecule has 0 aliphatic heterocycles. The first-order valence-corrected chi connectivity index (χ1v) is 12.2. The van der Waals surface area contributed by atoms with Crippen molar-refractivity contribution < 1.29 is 14.3 Å². The molecule has 1 amide bonds. The number of nitrogens with one attached hydrogen (secondary N) is 1. The van der Waals surface area contributed by atoms with Crippen molar-refractivity contribution >= 4 is 28.5 Å². The number of ether oxygens (including phenoxy) is 2. The number of halogens is 1.